The molecule has 0 fully saturated rings. The van der Waals surface area contributed by atoms with E-state index in [-0.39, 0.29) is 5.41 Å². The van der Waals surface area contributed by atoms with E-state index in [1.54, 1.807) is 25.3 Å². The Morgan fingerprint density at radius 3 is 2.70 bits per heavy atom. The zero-order valence-electron chi connectivity index (χ0n) is 12.3. The standard InChI is InChI=1S/C15H22N2O2S/c1-15(2,11-16)8-4-5-9-20(18)14-7-6-12(17)10-13(14)19-3/h6-7,10H,4-5,8-9,17H2,1-3H3. The second-order valence-corrected chi connectivity index (χ2v) is 6.95. The van der Waals surface area contributed by atoms with Crippen molar-refractivity contribution in [2.75, 3.05) is 18.6 Å². The number of hydrogen-bond acceptors (Lipinski definition) is 4. The highest BCUT2D eigenvalue weighted by atomic mass is 32.2. The number of nitrogens with zero attached hydrogens (tertiary/aromatic N) is 1. The molecule has 0 aliphatic carbocycles. The number of anilines is 1. The molecule has 0 saturated heterocycles. The summed E-state index contributed by atoms with van der Waals surface area (Å²) in [5.74, 6) is 1.14. The molecule has 4 nitrogen and oxygen atoms in total. The average molecular weight is 294 g/mol. The topological polar surface area (TPSA) is 76.1 Å². The van der Waals surface area contributed by atoms with Crippen molar-refractivity contribution >= 4 is 16.5 Å². The Hall–Kier alpha value is -1.54. The number of nitriles is 1. The minimum absolute atomic E-state index is 0.305. The summed E-state index contributed by atoms with van der Waals surface area (Å²) in [6.45, 7) is 3.85. The van der Waals surface area contributed by atoms with Gasteiger partial charge in [-0.05, 0) is 38.8 Å². The molecule has 0 aliphatic rings. The number of nitrogen functional groups attached to an aromatic ring is 1. The van der Waals surface area contributed by atoms with Gasteiger partial charge in [-0.25, -0.2) is 0 Å². The number of hydrogen-bond donors (Lipinski definition) is 1. The molecule has 5 heteroatoms. The van der Waals surface area contributed by atoms with Crippen molar-refractivity contribution in [3.05, 3.63) is 18.2 Å². The maximum absolute atomic E-state index is 12.3. The quantitative estimate of drug-likeness (QED) is 0.619. The fraction of sp³-hybridized carbons (Fsp3) is 0.533. The van der Waals surface area contributed by atoms with Crippen LogP contribution in [0.25, 0.3) is 0 Å². The Morgan fingerprint density at radius 1 is 1.40 bits per heavy atom. The minimum atomic E-state index is -1.10. The first-order valence-electron chi connectivity index (χ1n) is 6.63. The van der Waals surface area contributed by atoms with Crippen molar-refractivity contribution in [2.24, 2.45) is 5.41 Å². The maximum Gasteiger partial charge on any atom is 0.137 e. The molecule has 1 rings (SSSR count). The summed E-state index contributed by atoms with van der Waals surface area (Å²) in [7, 11) is 0.450. The highest BCUT2D eigenvalue weighted by Crippen LogP contribution is 2.26. The van der Waals surface area contributed by atoms with Gasteiger partial charge in [-0.15, -0.1) is 0 Å². The molecule has 0 amide bonds. The number of ether oxygens (including phenoxy) is 1. The monoisotopic (exact) mass is 294 g/mol. The molecular formula is C15H22N2O2S. The molecule has 0 radical (unpaired) electrons. The molecule has 110 valence electrons. The van der Waals surface area contributed by atoms with Crippen LogP contribution in [0.2, 0.25) is 0 Å². The molecule has 0 spiro atoms. The predicted octanol–water partition coefficient (Wildman–Crippen LogP) is 3.11. The summed E-state index contributed by atoms with van der Waals surface area (Å²) in [4.78, 5) is 0.682. The lowest BCUT2D eigenvalue weighted by Gasteiger charge is -2.14. The van der Waals surface area contributed by atoms with E-state index in [9.17, 15) is 4.21 Å². The molecule has 2 N–H and O–H groups in total. The van der Waals surface area contributed by atoms with Crippen molar-refractivity contribution < 1.29 is 8.95 Å². The molecule has 20 heavy (non-hydrogen) atoms. The third kappa shape index (κ3) is 4.86. The van der Waals surface area contributed by atoms with Gasteiger partial charge in [0.1, 0.15) is 5.75 Å². The first-order chi connectivity index (χ1) is 9.39. The van der Waals surface area contributed by atoms with Crippen LogP contribution < -0.4 is 10.5 Å². The van der Waals surface area contributed by atoms with Crippen LogP contribution in [0.15, 0.2) is 23.1 Å². The van der Waals surface area contributed by atoms with Crippen LogP contribution in [0.4, 0.5) is 5.69 Å². The van der Waals surface area contributed by atoms with E-state index in [0.29, 0.717) is 22.1 Å². The smallest absolute Gasteiger partial charge is 0.137 e. The third-order valence-corrected chi connectivity index (χ3v) is 4.60. The van der Waals surface area contributed by atoms with E-state index >= 15 is 0 Å². The van der Waals surface area contributed by atoms with E-state index in [1.807, 2.05) is 13.8 Å². The summed E-state index contributed by atoms with van der Waals surface area (Å²) >= 11 is 0. The lowest BCUT2D eigenvalue weighted by atomic mass is 9.89. The minimum Gasteiger partial charge on any atom is -0.495 e. The van der Waals surface area contributed by atoms with Crippen molar-refractivity contribution in [3.8, 4) is 11.8 Å². The van der Waals surface area contributed by atoms with E-state index in [2.05, 4.69) is 6.07 Å². The van der Waals surface area contributed by atoms with Crippen LogP contribution in [-0.2, 0) is 10.8 Å². The molecule has 0 saturated carbocycles. The largest absolute Gasteiger partial charge is 0.495 e. The summed E-state index contributed by atoms with van der Waals surface area (Å²) in [5, 5.41) is 8.94. The molecule has 0 bridgehead atoms. The molecule has 1 unspecified atom stereocenters. The Bertz CT molecular complexity index is 521. The fourth-order valence-corrected chi connectivity index (χ4v) is 3.11. The van der Waals surface area contributed by atoms with Crippen molar-refractivity contribution in [3.63, 3.8) is 0 Å². The van der Waals surface area contributed by atoms with E-state index in [4.69, 9.17) is 15.7 Å². The zero-order valence-corrected chi connectivity index (χ0v) is 13.1. The van der Waals surface area contributed by atoms with Gasteiger partial charge >= 0.3 is 0 Å². The molecule has 1 aromatic carbocycles. The van der Waals surface area contributed by atoms with Gasteiger partial charge in [-0.2, -0.15) is 5.26 Å². The SMILES string of the molecule is COc1cc(N)ccc1S(=O)CCCCC(C)(C)C#N. The number of unbranched alkanes of at least 4 members (excludes halogenated alkanes) is 1. The molecule has 1 aromatic rings. The summed E-state index contributed by atoms with van der Waals surface area (Å²) in [6, 6.07) is 7.45. The molecule has 0 heterocycles. The summed E-state index contributed by atoms with van der Waals surface area (Å²) in [6.07, 6.45) is 2.54. The highest BCUT2D eigenvalue weighted by molar-refractivity contribution is 7.85. The Labute approximate surface area is 123 Å². The van der Waals surface area contributed by atoms with Gasteiger partial charge in [0.05, 0.1) is 34.3 Å². The van der Waals surface area contributed by atoms with Crippen LogP contribution >= 0.6 is 0 Å². The number of nitrogens with two attached hydrogens (primary N) is 1. The van der Waals surface area contributed by atoms with Gasteiger partial charge in [-0.3, -0.25) is 4.21 Å². The van der Waals surface area contributed by atoms with Gasteiger partial charge in [0.25, 0.3) is 0 Å². The second-order valence-electron chi connectivity index (χ2n) is 5.41. The number of rotatable bonds is 7. The lowest BCUT2D eigenvalue weighted by Crippen LogP contribution is -2.08. The van der Waals surface area contributed by atoms with E-state index < -0.39 is 10.8 Å². The van der Waals surface area contributed by atoms with Crippen LogP contribution in [0.3, 0.4) is 0 Å². The lowest BCUT2D eigenvalue weighted by molar-refractivity contribution is 0.404. The van der Waals surface area contributed by atoms with Gasteiger partial charge < -0.3 is 10.5 Å². The first kappa shape index (κ1) is 16.5. The van der Waals surface area contributed by atoms with Crippen LogP contribution in [-0.4, -0.2) is 17.1 Å². The number of benzene rings is 1. The Balaban J connectivity index is 2.54. The summed E-state index contributed by atoms with van der Waals surface area (Å²) < 4.78 is 17.5. The first-order valence-corrected chi connectivity index (χ1v) is 7.94. The molecule has 0 aromatic heterocycles. The Kier molecular flexibility index (Phi) is 6.03. The van der Waals surface area contributed by atoms with E-state index in [1.165, 1.54) is 0 Å². The average Bonchev–Trinajstić information content (AvgIpc) is 2.43. The van der Waals surface area contributed by atoms with Gasteiger partial charge in [0, 0.05) is 17.5 Å². The van der Waals surface area contributed by atoms with Crippen molar-refractivity contribution in [1.29, 1.82) is 5.26 Å². The van der Waals surface area contributed by atoms with Crippen molar-refractivity contribution in [2.45, 2.75) is 38.0 Å². The normalized spacial score (nSPS) is 12.7. The molecular weight excluding hydrogens is 272 g/mol. The van der Waals surface area contributed by atoms with Crippen molar-refractivity contribution in [1.82, 2.24) is 0 Å². The summed E-state index contributed by atoms with van der Waals surface area (Å²) in [5.41, 5.74) is 5.97. The third-order valence-electron chi connectivity index (χ3n) is 3.12. The predicted molar refractivity (Wildman–Crippen MR) is 81.9 cm³/mol. The van der Waals surface area contributed by atoms with Crippen LogP contribution in [0.1, 0.15) is 33.1 Å². The molecule has 1 atom stereocenters. The highest BCUT2D eigenvalue weighted by Gasteiger charge is 2.16. The Morgan fingerprint density at radius 2 is 2.10 bits per heavy atom. The van der Waals surface area contributed by atoms with Gasteiger partial charge in [0.15, 0.2) is 0 Å². The van der Waals surface area contributed by atoms with Crippen LogP contribution in [0, 0.1) is 16.7 Å². The van der Waals surface area contributed by atoms with Gasteiger partial charge in [0.2, 0.25) is 0 Å². The maximum atomic E-state index is 12.3. The second kappa shape index (κ2) is 7.30. The fourth-order valence-electron chi connectivity index (χ4n) is 1.84. The van der Waals surface area contributed by atoms with Crippen LogP contribution in [0.5, 0.6) is 5.75 Å². The van der Waals surface area contributed by atoms with E-state index in [0.717, 1.165) is 19.3 Å². The zero-order chi connectivity index (χ0) is 15.2. The van der Waals surface area contributed by atoms with Gasteiger partial charge in [-0.1, -0.05) is 6.42 Å². The molecule has 0 aliphatic heterocycles. The number of methoxy groups -OCH3 is 1.